The fourth-order valence-electron chi connectivity index (χ4n) is 0.308. The van der Waals surface area contributed by atoms with Gasteiger partial charge in [-0.3, -0.25) is 0 Å². The van der Waals surface area contributed by atoms with Crippen molar-refractivity contribution in [2.75, 3.05) is 10.7 Å². The Morgan fingerprint density at radius 3 is 1.83 bits per heavy atom. The molecule has 12 heavy (non-hydrogen) atoms. The SMILES string of the molecule is O=C(OC=CCBr)OC=CCBr. The first-order valence-electron chi connectivity index (χ1n) is 3.10. The van der Waals surface area contributed by atoms with Crippen molar-refractivity contribution in [2.24, 2.45) is 0 Å². The average Bonchev–Trinajstić information content (AvgIpc) is 2.06. The molecule has 0 saturated carbocycles. The maximum Gasteiger partial charge on any atom is 0.518 e. The Bertz CT molecular complexity index is 159. The number of alkyl halides is 2. The molecule has 0 amide bonds. The van der Waals surface area contributed by atoms with Crippen LogP contribution in [0.15, 0.2) is 24.7 Å². The molecule has 5 heteroatoms. The highest BCUT2D eigenvalue weighted by Crippen LogP contribution is 1.90. The van der Waals surface area contributed by atoms with Gasteiger partial charge in [-0.1, -0.05) is 31.9 Å². The molecule has 0 heterocycles. The second-order valence-electron chi connectivity index (χ2n) is 1.54. The molecule has 0 unspecified atom stereocenters. The molecule has 0 N–H and O–H groups in total. The van der Waals surface area contributed by atoms with E-state index < -0.39 is 6.16 Å². The number of rotatable bonds is 4. The van der Waals surface area contributed by atoms with Crippen LogP contribution in [-0.4, -0.2) is 16.8 Å². The summed E-state index contributed by atoms with van der Waals surface area (Å²) in [4.78, 5) is 10.6. The molecule has 0 spiro atoms. The van der Waals surface area contributed by atoms with Crippen LogP contribution >= 0.6 is 31.9 Å². The lowest BCUT2D eigenvalue weighted by Crippen LogP contribution is -1.97. The third-order valence-electron chi connectivity index (χ3n) is 0.699. The molecule has 0 radical (unpaired) electrons. The molecule has 0 aromatic heterocycles. The fraction of sp³-hybridized carbons (Fsp3) is 0.286. The average molecular weight is 300 g/mol. The molecular formula is C7H8Br2O3. The molecule has 0 aromatic carbocycles. The van der Waals surface area contributed by atoms with Crippen LogP contribution < -0.4 is 0 Å². The van der Waals surface area contributed by atoms with Crippen LogP contribution in [0.3, 0.4) is 0 Å². The summed E-state index contributed by atoms with van der Waals surface area (Å²) >= 11 is 6.25. The third-order valence-corrected chi connectivity index (χ3v) is 1.45. The third kappa shape index (κ3) is 7.81. The lowest BCUT2D eigenvalue weighted by Gasteiger charge is -1.94. The first kappa shape index (κ1) is 11.7. The summed E-state index contributed by atoms with van der Waals surface area (Å²) < 4.78 is 8.98. The van der Waals surface area contributed by atoms with Crippen molar-refractivity contribution in [2.45, 2.75) is 0 Å². The van der Waals surface area contributed by atoms with E-state index in [-0.39, 0.29) is 0 Å². The van der Waals surface area contributed by atoms with Gasteiger partial charge in [0.15, 0.2) is 0 Å². The molecule has 0 aliphatic rings. The van der Waals surface area contributed by atoms with Crippen molar-refractivity contribution >= 4 is 38.0 Å². The van der Waals surface area contributed by atoms with Gasteiger partial charge in [0.25, 0.3) is 0 Å². The number of allylic oxidation sites excluding steroid dienone is 2. The van der Waals surface area contributed by atoms with Crippen LogP contribution in [-0.2, 0) is 9.47 Å². The van der Waals surface area contributed by atoms with Gasteiger partial charge in [0.1, 0.15) is 0 Å². The van der Waals surface area contributed by atoms with E-state index in [1.165, 1.54) is 12.5 Å². The Morgan fingerprint density at radius 2 is 1.50 bits per heavy atom. The topological polar surface area (TPSA) is 35.5 Å². The summed E-state index contributed by atoms with van der Waals surface area (Å²) in [5.74, 6) is 0. The minimum Gasteiger partial charge on any atom is -0.403 e. The zero-order valence-electron chi connectivity index (χ0n) is 6.20. The van der Waals surface area contributed by atoms with E-state index in [1.807, 2.05) is 0 Å². The molecule has 0 aromatic rings. The largest absolute Gasteiger partial charge is 0.518 e. The highest BCUT2D eigenvalue weighted by molar-refractivity contribution is 9.09. The molecule has 0 aliphatic heterocycles. The minimum absolute atomic E-state index is 0.636. The maximum atomic E-state index is 10.6. The molecule has 0 fully saturated rings. The molecule has 0 rings (SSSR count). The van der Waals surface area contributed by atoms with Crippen molar-refractivity contribution in [1.29, 1.82) is 0 Å². The molecule has 0 saturated heterocycles. The maximum absolute atomic E-state index is 10.6. The zero-order chi connectivity index (χ0) is 9.23. The molecule has 0 atom stereocenters. The van der Waals surface area contributed by atoms with Crippen molar-refractivity contribution in [3.05, 3.63) is 24.7 Å². The van der Waals surface area contributed by atoms with Crippen molar-refractivity contribution in [3.63, 3.8) is 0 Å². The lowest BCUT2D eigenvalue weighted by molar-refractivity contribution is 0.119. The smallest absolute Gasteiger partial charge is 0.403 e. The van der Waals surface area contributed by atoms with E-state index in [2.05, 4.69) is 41.3 Å². The van der Waals surface area contributed by atoms with Gasteiger partial charge in [-0.25, -0.2) is 4.79 Å². The van der Waals surface area contributed by atoms with Crippen molar-refractivity contribution in [3.8, 4) is 0 Å². The highest BCUT2D eigenvalue weighted by Gasteiger charge is 1.95. The van der Waals surface area contributed by atoms with Crippen LogP contribution in [0.4, 0.5) is 4.79 Å². The van der Waals surface area contributed by atoms with E-state index in [0.29, 0.717) is 10.7 Å². The molecule has 68 valence electrons. The quantitative estimate of drug-likeness (QED) is 0.455. The van der Waals surface area contributed by atoms with Crippen LogP contribution in [0, 0.1) is 0 Å². The predicted molar refractivity (Wildman–Crippen MR) is 53.4 cm³/mol. The fourth-order valence-corrected chi connectivity index (χ4v) is 0.613. The second kappa shape index (κ2) is 8.80. The highest BCUT2D eigenvalue weighted by atomic mass is 79.9. The van der Waals surface area contributed by atoms with Gasteiger partial charge < -0.3 is 9.47 Å². The first-order valence-corrected chi connectivity index (χ1v) is 5.34. The second-order valence-corrected chi connectivity index (χ2v) is 2.83. The first-order chi connectivity index (χ1) is 5.81. The van der Waals surface area contributed by atoms with Crippen molar-refractivity contribution < 1.29 is 14.3 Å². The molecular weight excluding hydrogens is 292 g/mol. The van der Waals surface area contributed by atoms with Crippen LogP contribution in [0.5, 0.6) is 0 Å². The van der Waals surface area contributed by atoms with Gasteiger partial charge in [0.05, 0.1) is 12.5 Å². The zero-order valence-corrected chi connectivity index (χ0v) is 9.38. The number of hydrogen-bond acceptors (Lipinski definition) is 3. The Hall–Kier alpha value is -0.290. The summed E-state index contributed by atoms with van der Waals surface area (Å²) in [7, 11) is 0. The van der Waals surface area contributed by atoms with E-state index in [0.717, 1.165) is 0 Å². The van der Waals surface area contributed by atoms with E-state index >= 15 is 0 Å². The molecule has 3 nitrogen and oxygen atoms in total. The minimum atomic E-state index is -0.746. The lowest BCUT2D eigenvalue weighted by atomic mass is 10.7. The normalized spacial score (nSPS) is 10.8. The summed E-state index contributed by atoms with van der Waals surface area (Å²) in [5, 5.41) is 1.27. The van der Waals surface area contributed by atoms with Crippen LogP contribution in [0.2, 0.25) is 0 Å². The van der Waals surface area contributed by atoms with Gasteiger partial charge in [0.2, 0.25) is 0 Å². The number of hydrogen-bond donors (Lipinski definition) is 0. The molecule has 0 aliphatic carbocycles. The Labute approximate surface area is 87.7 Å². The van der Waals surface area contributed by atoms with Gasteiger partial charge in [-0.2, -0.15) is 0 Å². The molecule has 0 bridgehead atoms. The number of halogens is 2. The van der Waals surface area contributed by atoms with Crippen molar-refractivity contribution in [1.82, 2.24) is 0 Å². The van der Waals surface area contributed by atoms with E-state index in [4.69, 9.17) is 0 Å². The van der Waals surface area contributed by atoms with E-state index in [1.54, 1.807) is 12.2 Å². The van der Waals surface area contributed by atoms with Crippen LogP contribution in [0.1, 0.15) is 0 Å². The monoisotopic (exact) mass is 298 g/mol. The summed E-state index contributed by atoms with van der Waals surface area (Å²) in [5.41, 5.74) is 0. The van der Waals surface area contributed by atoms with Gasteiger partial charge in [-0.05, 0) is 12.2 Å². The Kier molecular flexibility index (Phi) is 8.59. The number of carbonyl (C=O) groups excluding carboxylic acids is 1. The Balaban J connectivity index is 3.46. The van der Waals surface area contributed by atoms with Gasteiger partial charge in [-0.15, -0.1) is 0 Å². The summed E-state index contributed by atoms with van der Waals surface area (Å²) in [6, 6.07) is 0. The number of carbonyl (C=O) groups is 1. The Morgan fingerprint density at radius 1 is 1.08 bits per heavy atom. The predicted octanol–water partition coefficient (Wildman–Crippen LogP) is 2.96. The van der Waals surface area contributed by atoms with Gasteiger partial charge >= 0.3 is 6.16 Å². The van der Waals surface area contributed by atoms with E-state index in [9.17, 15) is 4.79 Å². The van der Waals surface area contributed by atoms with Crippen LogP contribution in [0.25, 0.3) is 0 Å². The summed E-state index contributed by atoms with van der Waals surface area (Å²) in [6.07, 6.45) is 5.05. The standard InChI is InChI=1S/C7H8Br2O3/c8-3-1-5-11-7(10)12-6-2-4-9/h1-2,5-6H,3-4H2. The number of ether oxygens (including phenoxy) is 2. The van der Waals surface area contributed by atoms with Gasteiger partial charge in [0, 0.05) is 10.7 Å². The summed E-state index contributed by atoms with van der Waals surface area (Å²) in [6.45, 7) is 0.